The summed E-state index contributed by atoms with van der Waals surface area (Å²) in [5.74, 6) is 0.532. The second kappa shape index (κ2) is 8.86. The normalized spacial score (nSPS) is 13.8. The summed E-state index contributed by atoms with van der Waals surface area (Å²) in [5, 5.41) is 3.81. The molecule has 0 amide bonds. The van der Waals surface area contributed by atoms with Gasteiger partial charge < -0.3 is 15.0 Å². The standard InChI is InChI=1S/C23H22ClF3N4O/c1-14(2)32-22-29-19-13-31(20-6-4-3-5-18(20)24)12-11-17(19)21(30-22)28-16-9-7-15(8-10-16)23(25,26)27/h3-10,14H,11-13H2,1-2H3,(H,28,29,30). The van der Waals surface area contributed by atoms with Gasteiger partial charge in [0.2, 0.25) is 0 Å². The minimum absolute atomic E-state index is 0.129. The molecule has 9 heteroatoms. The van der Waals surface area contributed by atoms with E-state index >= 15 is 0 Å². The van der Waals surface area contributed by atoms with Crippen LogP contribution in [-0.2, 0) is 19.1 Å². The summed E-state index contributed by atoms with van der Waals surface area (Å²) < 4.78 is 44.4. The zero-order valence-corrected chi connectivity index (χ0v) is 18.3. The van der Waals surface area contributed by atoms with Crippen LogP contribution in [0.5, 0.6) is 6.01 Å². The molecule has 0 spiro atoms. The van der Waals surface area contributed by atoms with E-state index in [4.69, 9.17) is 16.3 Å². The van der Waals surface area contributed by atoms with E-state index in [1.165, 1.54) is 12.1 Å². The van der Waals surface area contributed by atoms with Crippen molar-refractivity contribution in [1.82, 2.24) is 9.97 Å². The van der Waals surface area contributed by atoms with Crippen LogP contribution in [0.25, 0.3) is 0 Å². The molecule has 168 valence electrons. The smallest absolute Gasteiger partial charge is 0.416 e. The number of ether oxygens (including phenoxy) is 1. The van der Waals surface area contributed by atoms with Crippen LogP contribution in [0.15, 0.2) is 48.5 Å². The molecule has 32 heavy (non-hydrogen) atoms. The molecule has 0 saturated heterocycles. The lowest BCUT2D eigenvalue weighted by Crippen LogP contribution is -2.32. The average molecular weight is 463 g/mol. The molecule has 2 aromatic carbocycles. The molecule has 4 rings (SSSR count). The molecular formula is C23H22ClF3N4O. The van der Waals surface area contributed by atoms with Gasteiger partial charge in [-0.25, -0.2) is 0 Å². The highest BCUT2D eigenvalue weighted by atomic mass is 35.5. The summed E-state index contributed by atoms with van der Waals surface area (Å²) in [5.41, 5.74) is 2.41. The van der Waals surface area contributed by atoms with E-state index in [1.807, 2.05) is 38.1 Å². The van der Waals surface area contributed by atoms with Gasteiger partial charge in [0, 0.05) is 17.8 Å². The Morgan fingerprint density at radius 1 is 1.06 bits per heavy atom. The number of halogens is 4. The van der Waals surface area contributed by atoms with Gasteiger partial charge in [-0.3, -0.25) is 0 Å². The Balaban J connectivity index is 1.66. The Hall–Kier alpha value is -3.00. The van der Waals surface area contributed by atoms with Crippen LogP contribution in [-0.4, -0.2) is 22.6 Å². The molecule has 1 N–H and O–H groups in total. The third-order valence-corrected chi connectivity index (χ3v) is 5.37. The third kappa shape index (κ3) is 4.91. The fourth-order valence-corrected chi connectivity index (χ4v) is 3.82. The highest BCUT2D eigenvalue weighted by Crippen LogP contribution is 2.34. The quantitative estimate of drug-likeness (QED) is 0.486. The second-order valence-corrected chi connectivity index (χ2v) is 8.18. The number of nitrogens with one attached hydrogen (secondary N) is 1. The number of hydrogen-bond acceptors (Lipinski definition) is 5. The van der Waals surface area contributed by atoms with E-state index in [-0.39, 0.29) is 12.1 Å². The molecule has 0 fully saturated rings. The maximum absolute atomic E-state index is 12.9. The van der Waals surface area contributed by atoms with Crippen molar-refractivity contribution in [3.05, 3.63) is 70.4 Å². The Kier molecular flexibility index (Phi) is 6.15. The van der Waals surface area contributed by atoms with Crippen molar-refractivity contribution < 1.29 is 17.9 Å². The van der Waals surface area contributed by atoms with Gasteiger partial charge in [0.15, 0.2) is 0 Å². The number of fused-ring (bicyclic) bond motifs is 1. The molecule has 1 aliphatic heterocycles. The SMILES string of the molecule is CC(C)Oc1nc2c(c(Nc3ccc(C(F)(F)F)cc3)n1)CCN(c1ccccc1Cl)C2. The van der Waals surface area contributed by atoms with E-state index in [9.17, 15) is 13.2 Å². The van der Waals surface area contributed by atoms with Crippen molar-refractivity contribution >= 4 is 28.8 Å². The van der Waals surface area contributed by atoms with Gasteiger partial charge >= 0.3 is 12.2 Å². The van der Waals surface area contributed by atoms with Gasteiger partial charge in [-0.1, -0.05) is 23.7 Å². The lowest BCUT2D eigenvalue weighted by molar-refractivity contribution is -0.137. The predicted octanol–water partition coefficient (Wildman–Crippen LogP) is 6.24. The maximum Gasteiger partial charge on any atom is 0.416 e. The predicted molar refractivity (Wildman–Crippen MR) is 119 cm³/mol. The number of rotatable bonds is 5. The fourth-order valence-electron chi connectivity index (χ4n) is 3.57. The summed E-state index contributed by atoms with van der Waals surface area (Å²) >= 11 is 6.38. The molecule has 0 aliphatic carbocycles. The van der Waals surface area contributed by atoms with Gasteiger partial charge in [0.05, 0.1) is 34.6 Å². The first-order valence-corrected chi connectivity index (χ1v) is 10.6. The number of alkyl halides is 3. The van der Waals surface area contributed by atoms with Crippen molar-refractivity contribution in [2.45, 2.75) is 39.1 Å². The second-order valence-electron chi connectivity index (χ2n) is 7.77. The lowest BCUT2D eigenvalue weighted by Gasteiger charge is -2.31. The summed E-state index contributed by atoms with van der Waals surface area (Å²) in [6.07, 6.45) is -3.87. The number of para-hydroxylation sites is 1. The molecule has 1 aromatic heterocycles. The minimum atomic E-state index is -4.38. The Bertz CT molecular complexity index is 1100. The molecule has 1 aliphatic rings. The first kappa shape index (κ1) is 22.2. The van der Waals surface area contributed by atoms with E-state index in [1.54, 1.807) is 0 Å². The van der Waals surface area contributed by atoms with Crippen LogP contribution in [0.4, 0.5) is 30.4 Å². The molecule has 3 aromatic rings. The number of hydrogen-bond donors (Lipinski definition) is 1. The van der Waals surface area contributed by atoms with Crippen molar-refractivity contribution in [2.24, 2.45) is 0 Å². The summed E-state index contributed by atoms with van der Waals surface area (Å²) in [6, 6.07) is 12.7. The Labute approximate surface area is 189 Å². The zero-order valence-electron chi connectivity index (χ0n) is 17.6. The van der Waals surface area contributed by atoms with Crippen LogP contribution in [0.3, 0.4) is 0 Å². The van der Waals surface area contributed by atoms with Crippen molar-refractivity contribution in [3.63, 3.8) is 0 Å². The zero-order chi connectivity index (χ0) is 22.9. The summed E-state index contributed by atoms with van der Waals surface area (Å²) in [7, 11) is 0. The van der Waals surface area contributed by atoms with Gasteiger partial charge in [-0.15, -0.1) is 0 Å². The Morgan fingerprint density at radius 3 is 2.44 bits per heavy atom. The summed E-state index contributed by atoms with van der Waals surface area (Å²) in [4.78, 5) is 11.2. The highest BCUT2D eigenvalue weighted by molar-refractivity contribution is 6.33. The number of benzene rings is 2. The molecule has 5 nitrogen and oxygen atoms in total. The molecule has 0 atom stereocenters. The van der Waals surface area contributed by atoms with Crippen molar-refractivity contribution in [3.8, 4) is 6.01 Å². The van der Waals surface area contributed by atoms with E-state index < -0.39 is 11.7 Å². The van der Waals surface area contributed by atoms with Crippen LogP contribution < -0.4 is 15.0 Å². The number of aromatic nitrogens is 2. The Morgan fingerprint density at radius 2 is 1.78 bits per heavy atom. The monoisotopic (exact) mass is 462 g/mol. The molecule has 0 radical (unpaired) electrons. The lowest BCUT2D eigenvalue weighted by atomic mass is 10.0. The first-order chi connectivity index (χ1) is 15.2. The van der Waals surface area contributed by atoms with E-state index in [2.05, 4.69) is 20.2 Å². The fraction of sp³-hybridized carbons (Fsp3) is 0.304. The topological polar surface area (TPSA) is 50.3 Å². The number of anilines is 3. The van der Waals surface area contributed by atoms with Crippen LogP contribution in [0.2, 0.25) is 5.02 Å². The van der Waals surface area contributed by atoms with Crippen molar-refractivity contribution in [1.29, 1.82) is 0 Å². The highest BCUT2D eigenvalue weighted by Gasteiger charge is 2.30. The first-order valence-electron chi connectivity index (χ1n) is 10.2. The molecule has 0 unspecified atom stereocenters. The van der Waals surface area contributed by atoms with Gasteiger partial charge in [0.25, 0.3) is 0 Å². The van der Waals surface area contributed by atoms with Crippen LogP contribution in [0, 0.1) is 0 Å². The average Bonchev–Trinajstić information content (AvgIpc) is 2.73. The van der Waals surface area contributed by atoms with Crippen molar-refractivity contribution in [2.75, 3.05) is 16.8 Å². The van der Waals surface area contributed by atoms with Gasteiger partial charge in [-0.05, 0) is 56.7 Å². The molecular weight excluding hydrogens is 441 g/mol. The van der Waals surface area contributed by atoms with Gasteiger partial charge in [-0.2, -0.15) is 23.1 Å². The number of nitrogens with zero attached hydrogens (tertiary/aromatic N) is 3. The van der Waals surface area contributed by atoms with E-state index in [0.717, 1.165) is 29.1 Å². The van der Waals surface area contributed by atoms with Gasteiger partial charge in [0.1, 0.15) is 5.82 Å². The largest absolute Gasteiger partial charge is 0.461 e. The molecule has 0 bridgehead atoms. The summed E-state index contributed by atoms with van der Waals surface area (Å²) in [6.45, 7) is 4.97. The van der Waals surface area contributed by atoms with Crippen LogP contribution >= 0.6 is 11.6 Å². The third-order valence-electron chi connectivity index (χ3n) is 5.05. The van der Waals surface area contributed by atoms with E-state index in [0.29, 0.717) is 36.0 Å². The maximum atomic E-state index is 12.9. The molecule has 0 saturated carbocycles. The molecule has 2 heterocycles. The van der Waals surface area contributed by atoms with Crippen LogP contribution in [0.1, 0.15) is 30.7 Å². The minimum Gasteiger partial charge on any atom is -0.461 e.